The number of nitrogens with zero attached hydrogens (tertiary/aromatic N) is 2. The zero-order valence-electron chi connectivity index (χ0n) is 10.9. The summed E-state index contributed by atoms with van der Waals surface area (Å²) in [5.74, 6) is -0.585. The van der Waals surface area contributed by atoms with Crippen molar-refractivity contribution in [3.8, 4) is 0 Å². The maximum absolute atomic E-state index is 13.5. The molecule has 2 atom stereocenters. The van der Waals surface area contributed by atoms with Gasteiger partial charge in [-0.1, -0.05) is 0 Å². The molecule has 1 aliphatic rings. The van der Waals surface area contributed by atoms with Gasteiger partial charge in [-0.25, -0.2) is 4.39 Å². The monoisotopic (exact) mass is 267 g/mol. The topological polar surface area (TPSA) is 72.4 Å². The quantitative estimate of drug-likeness (QED) is 0.674. The highest BCUT2D eigenvalue weighted by Crippen LogP contribution is 2.31. The van der Waals surface area contributed by atoms with Gasteiger partial charge < -0.3 is 10.6 Å². The van der Waals surface area contributed by atoms with E-state index < -0.39 is 10.7 Å². The summed E-state index contributed by atoms with van der Waals surface area (Å²) >= 11 is 0. The number of benzene rings is 1. The standard InChI is InChI=1S/C13H18FN3O2/c1-9-3-2-4-11(8-15)16(9)12-5-10(14)6-13(7-12)17(18)19/h5-7,9,11H,2-4,8,15H2,1H3. The number of hydrogen-bond donors (Lipinski definition) is 1. The first-order valence-corrected chi connectivity index (χ1v) is 6.46. The van der Waals surface area contributed by atoms with E-state index in [-0.39, 0.29) is 17.8 Å². The fraction of sp³-hybridized carbons (Fsp3) is 0.538. The Morgan fingerprint density at radius 1 is 1.47 bits per heavy atom. The smallest absolute Gasteiger partial charge is 0.274 e. The fourth-order valence-corrected chi connectivity index (χ4v) is 2.80. The summed E-state index contributed by atoms with van der Waals surface area (Å²) in [6.07, 6.45) is 3.00. The molecule has 1 aromatic carbocycles. The number of nitrogens with two attached hydrogens (primary N) is 1. The summed E-state index contributed by atoms with van der Waals surface area (Å²) in [4.78, 5) is 12.3. The summed E-state index contributed by atoms with van der Waals surface area (Å²) in [7, 11) is 0. The second-order valence-corrected chi connectivity index (χ2v) is 5.00. The van der Waals surface area contributed by atoms with E-state index in [0.29, 0.717) is 12.2 Å². The molecule has 2 rings (SSSR count). The number of hydrogen-bond acceptors (Lipinski definition) is 4. The van der Waals surface area contributed by atoms with Gasteiger partial charge in [-0.05, 0) is 32.3 Å². The highest BCUT2D eigenvalue weighted by Gasteiger charge is 2.28. The molecule has 6 heteroatoms. The van der Waals surface area contributed by atoms with Gasteiger partial charge in [0.15, 0.2) is 0 Å². The SMILES string of the molecule is CC1CCCC(CN)N1c1cc(F)cc([N+](=O)[O-])c1. The third kappa shape index (κ3) is 2.84. The minimum absolute atomic E-state index is 0.116. The average molecular weight is 267 g/mol. The van der Waals surface area contributed by atoms with Gasteiger partial charge in [0.25, 0.3) is 5.69 Å². The zero-order chi connectivity index (χ0) is 14.0. The molecule has 1 saturated heterocycles. The molecular weight excluding hydrogens is 249 g/mol. The van der Waals surface area contributed by atoms with E-state index in [1.807, 2.05) is 11.8 Å². The average Bonchev–Trinajstić information content (AvgIpc) is 2.37. The third-order valence-corrected chi connectivity index (χ3v) is 3.68. The van der Waals surface area contributed by atoms with Gasteiger partial charge in [-0.3, -0.25) is 10.1 Å². The molecule has 0 bridgehead atoms. The molecule has 1 aromatic rings. The lowest BCUT2D eigenvalue weighted by Gasteiger charge is -2.42. The summed E-state index contributed by atoms with van der Waals surface area (Å²) < 4.78 is 13.5. The number of non-ortho nitro benzene ring substituents is 1. The number of piperidine rings is 1. The van der Waals surface area contributed by atoms with Crippen molar-refractivity contribution >= 4 is 11.4 Å². The Morgan fingerprint density at radius 3 is 2.84 bits per heavy atom. The zero-order valence-corrected chi connectivity index (χ0v) is 10.9. The van der Waals surface area contributed by atoms with Crippen molar-refractivity contribution in [3.05, 3.63) is 34.1 Å². The molecular formula is C13H18FN3O2. The van der Waals surface area contributed by atoms with Crippen LogP contribution in [0.15, 0.2) is 18.2 Å². The van der Waals surface area contributed by atoms with Crippen molar-refractivity contribution in [1.82, 2.24) is 0 Å². The van der Waals surface area contributed by atoms with Gasteiger partial charge in [-0.15, -0.1) is 0 Å². The first kappa shape index (κ1) is 13.7. The molecule has 1 heterocycles. The van der Waals surface area contributed by atoms with Crippen LogP contribution in [0, 0.1) is 15.9 Å². The Kier molecular flexibility index (Phi) is 3.99. The van der Waals surface area contributed by atoms with Gasteiger partial charge >= 0.3 is 0 Å². The molecule has 0 amide bonds. The molecule has 2 unspecified atom stereocenters. The number of nitro benzene ring substituents is 1. The lowest BCUT2D eigenvalue weighted by molar-refractivity contribution is -0.385. The molecule has 1 fully saturated rings. The van der Waals surface area contributed by atoms with Crippen LogP contribution >= 0.6 is 0 Å². The highest BCUT2D eigenvalue weighted by molar-refractivity contribution is 5.55. The van der Waals surface area contributed by atoms with Crippen LogP contribution in [0.2, 0.25) is 0 Å². The highest BCUT2D eigenvalue weighted by atomic mass is 19.1. The third-order valence-electron chi connectivity index (χ3n) is 3.68. The van der Waals surface area contributed by atoms with E-state index in [9.17, 15) is 14.5 Å². The van der Waals surface area contributed by atoms with Crippen LogP contribution in [-0.2, 0) is 0 Å². The van der Waals surface area contributed by atoms with Crippen LogP contribution in [-0.4, -0.2) is 23.6 Å². The summed E-state index contributed by atoms with van der Waals surface area (Å²) in [6.45, 7) is 2.51. The molecule has 104 valence electrons. The van der Waals surface area contributed by atoms with Gasteiger partial charge in [0, 0.05) is 30.4 Å². The molecule has 0 aromatic heterocycles. The Bertz CT molecular complexity index is 481. The molecule has 0 radical (unpaired) electrons. The molecule has 5 nitrogen and oxygen atoms in total. The first-order valence-electron chi connectivity index (χ1n) is 6.46. The van der Waals surface area contributed by atoms with Gasteiger partial charge in [0.2, 0.25) is 0 Å². The van der Waals surface area contributed by atoms with Crippen molar-refractivity contribution in [1.29, 1.82) is 0 Å². The number of anilines is 1. The Balaban J connectivity index is 2.40. The molecule has 0 aliphatic carbocycles. The molecule has 0 spiro atoms. The summed E-state index contributed by atoms with van der Waals surface area (Å²) in [6, 6.07) is 4.04. The predicted octanol–water partition coefficient (Wildman–Crippen LogP) is 2.44. The number of rotatable bonds is 3. The van der Waals surface area contributed by atoms with E-state index in [4.69, 9.17) is 5.73 Å². The van der Waals surface area contributed by atoms with E-state index in [2.05, 4.69) is 0 Å². The molecule has 19 heavy (non-hydrogen) atoms. The van der Waals surface area contributed by atoms with E-state index in [0.717, 1.165) is 25.3 Å². The van der Waals surface area contributed by atoms with Crippen molar-refractivity contribution in [2.75, 3.05) is 11.4 Å². The van der Waals surface area contributed by atoms with Crippen LogP contribution in [0.4, 0.5) is 15.8 Å². The van der Waals surface area contributed by atoms with Crippen molar-refractivity contribution in [2.24, 2.45) is 5.73 Å². The lowest BCUT2D eigenvalue weighted by atomic mass is 9.95. The molecule has 1 aliphatic heterocycles. The van der Waals surface area contributed by atoms with Crippen LogP contribution in [0.25, 0.3) is 0 Å². The van der Waals surface area contributed by atoms with Crippen molar-refractivity contribution in [2.45, 2.75) is 38.3 Å². The minimum atomic E-state index is -0.585. The second kappa shape index (κ2) is 5.52. The summed E-state index contributed by atoms with van der Waals surface area (Å²) in [5, 5.41) is 10.8. The van der Waals surface area contributed by atoms with Crippen LogP contribution in [0.3, 0.4) is 0 Å². The van der Waals surface area contributed by atoms with Crippen molar-refractivity contribution < 1.29 is 9.31 Å². The van der Waals surface area contributed by atoms with Crippen molar-refractivity contribution in [3.63, 3.8) is 0 Å². The van der Waals surface area contributed by atoms with Crippen LogP contribution in [0.5, 0.6) is 0 Å². The number of halogens is 1. The van der Waals surface area contributed by atoms with Gasteiger partial charge in [0.1, 0.15) is 5.82 Å². The Hall–Kier alpha value is -1.69. The van der Waals surface area contributed by atoms with E-state index in [1.165, 1.54) is 12.1 Å². The van der Waals surface area contributed by atoms with E-state index in [1.54, 1.807) is 0 Å². The Labute approximate surface area is 111 Å². The Morgan fingerprint density at radius 2 is 2.21 bits per heavy atom. The normalized spacial score (nSPS) is 23.4. The van der Waals surface area contributed by atoms with E-state index >= 15 is 0 Å². The predicted molar refractivity (Wildman–Crippen MR) is 71.7 cm³/mol. The number of nitro groups is 1. The maximum Gasteiger partial charge on any atom is 0.274 e. The fourth-order valence-electron chi connectivity index (χ4n) is 2.80. The minimum Gasteiger partial charge on any atom is -0.364 e. The molecule has 2 N–H and O–H groups in total. The largest absolute Gasteiger partial charge is 0.364 e. The summed E-state index contributed by atoms with van der Waals surface area (Å²) in [5.41, 5.74) is 6.09. The maximum atomic E-state index is 13.5. The van der Waals surface area contributed by atoms with Gasteiger partial charge in [0.05, 0.1) is 11.0 Å². The van der Waals surface area contributed by atoms with Crippen LogP contribution < -0.4 is 10.6 Å². The van der Waals surface area contributed by atoms with Gasteiger partial charge in [-0.2, -0.15) is 0 Å². The lowest BCUT2D eigenvalue weighted by Crippen LogP contribution is -2.49. The molecule has 0 saturated carbocycles. The second-order valence-electron chi connectivity index (χ2n) is 5.00. The van der Waals surface area contributed by atoms with Crippen LogP contribution in [0.1, 0.15) is 26.2 Å². The first-order chi connectivity index (χ1) is 9.02.